The maximum absolute atomic E-state index is 10.3. The van der Waals surface area contributed by atoms with Crippen LogP contribution < -0.4 is 0 Å². The summed E-state index contributed by atoms with van der Waals surface area (Å²) in [7, 11) is 0. The summed E-state index contributed by atoms with van der Waals surface area (Å²) in [5, 5.41) is 14.4. The molecule has 0 aliphatic carbocycles. The molecule has 0 radical (unpaired) electrons. The molecule has 1 unspecified atom stereocenters. The van der Waals surface area contributed by atoms with Gasteiger partial charge in [0.05, 0.1) is 9.48 Å². The number of halogens is 1. The molecule has 0 amide bonds. The fourth-order valence-corrected chi connectivity index (χ4v) is 3.17. The van der Waals surface area contributed by atoms with Gasteiger partial charge in [-0.15, -0.1) is 11.3 Å². The minimum atomic E-state index is -0.586. The third kappa shape index (κ3) is 2.07. The number of nitrogens with zero attached hydrogens (tertiary/aromatic N) is 2. The van der Waals surface area contributed by atoms with Gasteiger partial charge in [0, 0.05) is 17.6 Å². The number of aliphatic hydroxyl groups excluding tert-OH is 1. The molecule has 2 aromatic rings. The van der Waals surface area contributed by atoms with E-state index in [1.54, 1.807) is 17.5 Å². The van der Waals surface area contributed by atoms with Crippen molar-refractivity contribution >= 4 is 27.3 Å². The van der Waals surface area contributed by atoms with Crippen LogP contribution in [-0.2, 0) is 6.54 Å². The largest absolute Gasteiger partial charge is 0.381 e. The topological polar surface area (TPSA) is 38.0 Å². The van der Waals surface area contributed by atoms with Gasteiger partial charge < -0.3 is 5.11 Å². The van der Waals surface area contributed by atoms with Gasteiger partial charge in [-0.2, -0.15) is 5.10 Å². The lowest BCUT2D eigenvalue weighted by Crippen LogP contribution is -2.07. The van der Waals surface area contributed by atoms with E-state index in [1.165, 1.54) is 0 Å². The summed E-state index contributed by atoms with van der Waals surface area (Å²) in [6.45, 7) is 4.80. The molecule has 86 valence electrons. The molecule has 0 spiro atoms. The summed E-state index contributed by atoms with van der Waals surface area (Å²) in [6, 6.07) is 3.86. The molecule has 0 aliphatic rings. The Balaban J connectivity index is 2.35. The number of hydrogen-bond donors (Lipinski definition) is 1. The van der Waals surface area contributed by atoms with Crippen LogP contribution in [0, 0.1) is 6.92 Å². The van der Waals surface area contributed by atoms with Crippen molar-refractivity contribution < 1.29 is 5.11 Å². The summed E-state index contributed by atoms with van der Waals surface area (Å²) in [6.07, 6.45) is 1.13. The standard InChI is InChI=1S/C11H13BrN2OS/c1-3-14-8(4-5-13-14)10(15)9-6-7(2)11(12)16-9/h4-6,10,15H,3H2,1-2H3. The number of thiophene rings is 1. The van der Waals surface area contributed by atoms with E-state index in [-0.39, 0.29) is 0 Å². The second-order valence-electron chi connectivity index (χ2n) is 3.58. The number of aryl methyl sites for hydroxylation is 2. The van der Waals surface area contributed by atoms with Crippen LogP contribution in [0.5, 0.6) is 0 Å². The molecule has 0 saturated heterocycles. The van der Waals surface area contributed by atoms with Crippen molar-refractivity contribution in [1.82, 2.24) is 9.78 Å². The fraction of sp³-hybridized carbons (Fsp3) is 0.364. The number of hydrogen-bond acceptors (Lipinski definition) is 3. The Bertz CT molecular complexity index is 472. The van der Waals surface area contributed by atoms with Crippen molar-refractivity contribution in [2.24, 2.45) is 0 Å². The SMILES string of the molecule is CCn1nccc1C(O)c1cc(C)c(Br)s1. The van der Waals surface area contributed by atoms with E-state index in [0.29, 0.717) is 0 Å². The van der Waals surface area contributed by atoms with Gasteiger partial charge in [-0.3, -0.25) is 4.68 Å². The number of rotatable bonds is 3. The average molecular weight is 301 g/mol. The van der Waals surface area contributed by atoms with Crippen molar-refractivity contribution in [3.63, 3.8) is 0 Å². The summed E-state index contributed by atoms with van der Waals surface area (Å²) in [5.74, 6) is 0. The second kappa shape index (κ2) is 4.69. The van der Waals surface area contributed by atoms with Crippen LogP contribution in [0.25, 0.3) is 0 Å². The molecule has 0 aromatic carbocycles. The van der Waals surface area contributed by atoms with Gasteiger partial charge in [0.15, 0.2) is 0 Å². The zero-order chi connectivity index (χ0) is 11.7. The maximum atomic E-state index is 10.3. The molecular formula is C11H13BrN2OS. The molecule has 1 atom stereocenters. The third-order valence-electron chi connectivity index (χ3n) is 2.47. The van der Waals surface area contributed by atoms with E-state index in [2.05, 4.69) is 21.0 Å². The predicted molar refractivity (Wildman–Crippen MR) is 68.7 cm³/mol. The Kier molecular flexibility index (Phi) is 3.47. The first-order chi connectivity index (χ1) is 7.63. The molecule has 0 bridgehead atoms. The molecule has 16 heavy (non-hydrogen) atoms. The predicted octanol–water partition coefficient (Wildman–Crippen LogP) is 3.12. The molecule has 3 nitrogen and oxygen atoms in total. The fourth-order valence-electron chi connectivity index (χ4n) is 1.60. The normalized spacial score (nSPS) is 13.0. The van der Waals surface area contributed by atoms with Crippen molar-refractivity contribution in [2.45, 2.75) is 26.5 Å². The number of aromatic nitrogens is 2. The van der Waals surface area contributed by atoms with Gasteiger partial charge in [-0.05, 0) is 47.5 Å². The summed E-state index contributed by atoms with van der Waals surface area (Å²) in [4.78, 5) is 0.944. The van der Waals surface area contributed by atoms with Gasteiger partial charge in [-0.1, -0.05) is 0 Å². The molecule has 2 heterocycles. The minimum absolute atomic E-state index is 0.586. The smallest absolute Gasteiger partial charge is 0.130 e. The molecule has 5 heteroatoms. The van der Waals surface area contributed by atoms with Gasteiger partial charge in [0.25, 0.3) is 0 Å². The highest BCUT2D eigenvalue weighted by Crippen LogP contribution is 2.34. The van der Waals surface area contributed by atoms with E-state index >= 15 is 0 Å². The molecular weight excluding hydrogens is 288 g/mol. The first kappa shape index (κ1) is 11.8. The van der Waals surface area contributed by atoms with Crippen LogP contribution in [0.3, 0.4) is 0 Å². The van der Waals surface area contributed by atoms with E-state index in [9.17, 15) is 5.11 Å². The van der Waals surface area contributed by atoms with Gasteiger partial charge in [0.1, 0.15) is 6.10 Å². The third-order valence-corrected chi connectivity index (χ3v) is 4.66. The second-order valence-corrected chi connectivity index (χ2v) is 5.98. The highest BCUT2D eigenvalue weighted by molar-refractivity contribution is 9.11. The molecule has 0 saturated carbocycles. The summed E-state index contributed by atoms with van der Waals surface area (Å²) < 4.78 is 2.89. The zero-order valence-corrected chi connectivity index (χ0v) is 11.5. The van der Waals surface area contributed by atoms with Crippen molar-refractivity contribution in [1.29, 1.82) is 0 Å². The first-order valence-corrected chi connectivity index (χ1v) is 6.70. The van der Waals surface area contributed by atoms with Gasteiger partial charge in [-0.25, -0.2) is 0 Å². The van der Waals surface area contributed by atoms with E-state index in [0.717, 1.165) is 26.5 Å². The monoisotopic (exact) mass is 300 g/mol. The Morgan fingerprint density at radius 1 is 1.62 bits per heavy atom. The maximum Gasteiger partial charge on any atom is 0.130 e. The highest BCUT2D eigenvalue weighted by Gasteiger charge is 2.17. The minimum Gasteiger partial charge on any atom is -0.381 e. The van der Waals surface area contributed by atoms with E-state index < -0.39 is 6.10 Å². The van der Waals surface area contributed by atoms with Crippen LogP contribution in [-0.4, -0.2) is 14.9 Å². The molecule has 1 N–H and O–H groups in total. The molecule has 0 fully saturated rings. The van der Waals surface area contributed by atoms with E-state index in [1.807, 2.05) is 30.7 Å². The number of aliphatic hydroxyl groups is 1. The van der Waals surface area contributed by atoms with Gasteiger partial charge in [0.2, 0.25) is 0 Å². The van der Waals surface area contributed by atoms with Crippen LogP contribution in [0.1, 0.15) is 29.2 Å². The molecule has 2 rings (SSSR count). The van der Waals surface area contributed by atoms with Crippen molar-refractivity contribution in [2.75, 3.05) is 0 Å². The lowest BCUT2D eigenvalue weighted by atomic mass is 10.2. The van der Waals surface area contributed by atoms with Crippen LogP contribution in [0.2, 0.25) is 0 Å². The zero-order valence-electron chi connectivity index (χ0n) is 9.14. The molecule has 0 aliphatic heterocycles. The Morgan fingerprint density at radius 3 is 2.94 bits per heavy atom. The Hall–Kier alpha value is -0.650. The summed E-state index contributed by atoms with van der Waals surface area (Å²) in [5.41, 5.74) is 2.00. The van der Waals surface area contributed by atoms with Crippen molar-refractivity contribution in [3.8, 4) is 0 Å². The highest BCUT2D eigenvalue weighted by atomic mass is 79.9. The first-order valence-electron chi connectivity index (χ1n) is 5.09. The Labute approximate surface area is 107 Å². The van der Waals surface area contributed by atoms with Crippen molar-refractivity contribution in [3.05, 3.63) is 38.3 Å². The van der Waals surface area contributed by atoms with Crippen LogP contribution in [0.4, 0.5) is 0 Å². The van der Waals surface area contributed by atoms with Gasteiger partial charge >= 0.3 is 0 Å². The molecule has 2 aromatic heterocycles. The quantitative estimate of drug-likeness (QED) is 0.946. The lowest BCUT2D eigenvalue weighted by Gasteiger charge is -2.10. The summed E-state index contributed by atoms with van der Waals surface area (Å²) >= 11 is 5.03. The average Bonchev–Trinajstić information content (AvgIpc) is 2.85. The van der Waals surface area contributed by atoms with Crippen LogP contribution >= 0.6 is 27.3 Å². The Morgan fingerprint density at radius 2 is 2.38 bits per heavy atom. The van der Waals surface area contributed by atoms with Crippen LogP contribution in [0.15, 0.2) is 22.1 Å². The lowest BCUT2D eigenvalue weighted by molar-refractivity contribution is 0.211. The van der Waals surface area contributed by atoms with E-state index in [4.69, 9.17) is 0 Å².